The first-order chi connectivity index (χ1) is 14.2. The van der Waals surface area contributed by atoms with E-state index >= 15 is 0 Å². The molecule has 0 saturated heterocycles. The van der Waals surface area contributed by atoms with E-state index < -0.39 is 6.67 Å². The predicted molar refractivity (Wildman–Crippen MR) is 118 cm³/mol. The first-order valence-electron chi connectivity index (χ1n) is 9.27. The molecule has 0 unspecified atom stereocenters. The summed E-state index contributed by atoms with van der Waals surface area (Å²) in [5, 5.41) is 0.993. The van der Waals surface area contributed by atoms with E-state index in [1.165, 1.54) is 0 Å². The number of aromatic nitrogens is 1. The van der Waals surface area contributed by atoms with Gasteiger partial charge >= 0.3 is 0 Å². The van der Waals surface area contributed by atoms with Crippen molar-refractivity contribution >= 4 is 33.7 Å². The number of fused-ring (bicyclic) bond motifs is 1. The van der Waals surface area contributed by atoms with Gasteiger partial charge in [-0.2, -0.15) is 0 Å². The number of hydrogen-bond donors (Lipinski definition) is 0. The molecule has 1 heterocycles. The number of benzene rings is 3. The molecule has 29 heavy (non-hydrogen) atoms. The molecule has 0 fully saturated rings. The SMILES string of the molecule is COc1ccc2nc(-c3ccc(C=Cc4ccc(OCCF)cc4)cc3)sc2c1. The van der Waals surface area contributed by atoms with Gasteiger partial charge in [0.15, 0.2) is 0 Å². The molecule has 1 aromatic heterocycles. The number of thiazole rings is 1. The normalized spacial score (nSPS) is 11.2. The summed E-state index contributed by atoms with van der Waals surface area (Å²) >= 11 is 1.66. The third-order valence-corrected chi connectivity index (χ3v) is 5.51. The molecular weight excluding hydrogens is 385 g/mol. The zero-order valence-electron chi connectivity index (χ0n) is 16.0. The molecule has 0 spiro atoms. The van der Waals surface area contributed by atoms with Crippen LogP contribution in [0.1, 0.15) is 11.1 Å². The van der Waals surface area contributed by atoms with E-state index in [-0.39, 0.29) is 6.61 Å². The quantitative estimate of drug-likeness (QED) is 0.329. The molecule has 4 rings (SSSR count). The average Bonchev–Trinajstić information content (AvgIpc) is 3.20. The highest BCUT2D eigenvalue weighted by Gasteiger charge is 2.07. The van der Waals surface area contributed by atoms with Gasteiger partial charge in [-0.05, 0) is 41.5 Å². The minimum atomic E-state index is -0.483. The van der Waals surface area contributed by atoms with Gasteiger partial charge in [-0.15, -0.1) is 11.3 Å². The summed E-state index contributed by atoms with van der Waals surface area (Å²) in [7, 11) is 1.67. The highest BCUT2D eigenvalue weighted by molar-refractivity contribution is 7.21. The Labute approximate surface area is 173 Å². The van der Waals surface area contributed by atoms with Crippen LogP contribution in [0.5, 0.6) is 11.5 Å². The lowest BCUT2D eigenvalue weighted by Crippen LogP contribution is -1.98. The summed E-state index contributed by atoms with van der Waals surface area (Å²) in [4.78, 5) is 4.72. The zero-order valence-corrected chi connectivity index (χ0v) is 16.8. The van der Waals surface area contributed by atoms with E-state index in [1.54, 1.807) is 18.4 Å². The molecule has 0 radical (unpaired) electrons. The van der Waals surface area contributed by atoms with Crippen molar-refractivity contribution in [3.8, 4) is 22.1 Å². The molecule has 146 valence electrons. The Morgan fingerprint density at radius 3 is 2.21 bits per heavy atom. The lowest BCUT2D eigenvalue weighted by Gasteiger charge is -2.03. The van der Waals surface area contributed by atoms with E-state index in [2.05, 4.69) is 30.3 Å². The van der Waals surface area contributed by atoms with E-state index in [0.29, 0.717) is 5.75 Å². The van der Waals surface area contributed by atoms with Gasteiger partial charge in [-0.3, -0.25) is 0 Å². The van der Waals surface area contributed by atoms with Crippen molar-refractivity contribution in [3.05, 3.63) is 77.9 Å². The molecule has 0 N–H and O–H groups in total. The Kier molecular flexibility index (Phi) is 5.86. The summed E-state index contributed by atoms with van der Waals surface area (Å²) in [6.45, 7) is -0.396. The van der Waals surface area contributed by atoms with Crippen molar-refractivity contribution in [2.24, 2.45) is 0 Å². The van der Waals surface area contributed by atoms with Crippen LogP contribution in [0.3, 0.4) is 0 Å². The molecule has 0 bridgehead atoms. The van der Waals surface area contributed by atoms with E-state index in [0.717, 1.165) is 37.7 Å². The largest absolute Gasteiger partial charge is 0.497 e. The summed E-state index contributed by atoms with van der Waals surface area (Å²) in [5.74, 6) is 1.52. The van der Waals surface area contributed by atoms with Crippen LogP contribution in [0.2, 0.25) is 0 Å². The van der Waals surface area contributed by atoms with Crippen molar-refractivity contribution in [3.63, 3.8) is 0 Å². The predicted octanol–water partition coefficient (Wildman–Crippen LogP) is 6.49. The van der Waals surface area contributed by atoms with Crippen molar-refractivity contribution in [2.45, 2.75) is 0 Å². The first-order valence-corrected chi connectivity index (χ1v) is 10.1. The zero-order chi connectivity index (χ0) is 20.1. The summed E-state index contributed by atoms with van der Waals surface area (Å²) < 4.78 is 23.8. The fourth-order valence-electron chi connectivity index (χ4n) is 2.92. The van der Waals surface area contributed by atoms with E-state index in [9.17, 15) is 4.39 Å². The summed E-state index contributed by atoms with van der Waals surface area (Å²) in [5.41, 5.74) is 4.24. The number of rotatable bonds is 7. The van der Waals surface area contributed by atoms with Gasteiger partial charge in [0.1, 0.15) is 29.8 Å². The lowest BCUT2D eigenvalue weighted by molar-refractivity contribution is 0.273. The molecule has 0 atom stereocenters. The Morgan fingerprint density at radius 1 is 0.897 bits per heavy atom. The molecule has 3 nitrogen and oxygen atoms in total. The monoisotopic (exact) mass is 405 g/mol. The molecule has 0 amide bonds. The van der Waals surface area contributed by atoms with Gasteiger partial charge < -0.3 is 9.47 Å². The maximum atomic E-state index is 12.1. The smallest absolute Gasteiger partial charge is 0.124 e. The first kappa shape index (κ1) is 19.2. The Morgan fingerprint density at radius 2 is 1.55 bits per heavy atom. The van der Waals surface area contributed by atoms with Crippen LogP contribution in [0.25, 0.3) is 32.9 Å². The maximum absolute atomic E-state index is 12.1. The third kappa shape index (κ3) is 4.63. The highest BCUT2D eigenvalue weighted by atomic mass is 32.1. The second-order valence-corrected chi connectivity index (χ2v) is 7.45. The van der Waals surface area contributed by atoms with Crippen molar-refractivity contribution in [1.29, 1.82) is 0 Å². The van der Waals surface area contributed by atoms with E-state index in [1.807, 2.05) is 48.5 Å². The fraction of sp³-hybridized carbons (Fsp3) is 0.125. The lowest BCUT2D eigenvalue weighted by atomic mass is 10.1. The number of ether oxygens (including phenoxy) is 2. The topological polar surface area (TPSA) is 31.4 Å². The van der Waals surface area contributed by atoms with Crippen LogP contribution in [-0.4, -0.2) is 25.4 Å². The third-order valence-electron chi connectivity index (χ3n) is 4.45. The van der Waals surface area contributed by atoms with Gasteiger partial charge in [0.25, 0.3) is 0 Å². The molecule has 3 aromatic carbocycles. The van der Waals surface area contributed by atoms with Gasteiger partial charge in [0.2, 0.25) is 0 Å². The second-order valence-electron chi connectivity index (χ2n) is 6.41. The van der Waals surface area contributed by atoms with Crippen LogP contribution < -0.4 is 9.47 Å². The average molecular weight is 405 g/mol. The molecular formula is C24H20FNO2S. The maximum Gasteiger partial charge on any atom is 0.124 e. The minimum absolute atomic E-state index is 0.0870. The van der Waals surface area contributed by atoms with Crippen LogP contribution >= 0.6 is 11.3 Å². The second kappa shape index (κ2) is 8.88. The molecule has 0 aliphatic carbocycles. The summed E-state index contributed by atoms with van der Waals surface area (Å²) in [6, 6.07) is 21.9. The van der Waals surface area contributed by atoms with Crippen LogP contribution in [-0.2, 0) is 0 Å². The van der Waals surface area contributed by atoms with Crippen LogP contribution in [0, 0.1) is 0 Å². The van der Waals surface area contributed by atoms with E-state index in [4.69, 9.17) is 14.5 Å². The van der Waals surface area contributed by atoms with Crippen molar-refractivity contribution in [1.82, 2.24) is 4.98 Å². The Bertz CT molecular complexity index is 1120. The molecule has 4 aromatic rings. The van der Waals surface area contributed by atoms with Gasteiger partial charge in [-0.1, -0.05) is 48.6 Å². The molecule has 5 heteroatoms. The molecule has 0 aliphatic rings. The van der Waals surface area contributed by atoms with Gasteiger partial charge in [0.05, 0.1) is 17.3 Å². The molecule has 0 saturated carbocycles. The van der Waals surface area contributed by atoms with Crippen molar-refractivity contribution in [2.75, 3.05) is 20.4 Å². The Hall–Kier alpha value is -3.18. The number of nitrogens with zero attached hydrogens (tertiary/aromatic N) is 1. The standard InChI is InChI=1S/C24H20FNO2S/c1-27-21-12-13-22-23(16-21)29-24(26-22)19-8-4-17(5-9-19)2-3-18-6-10-20(11-7-18)28-15-14-25/h2-13,16H,14-15H2,1H3. The minimum Gasteiger partial charge on any atom is -0.497 e. The summed E-state index contributed by atoms with van der Waals surface area (Å²) in [6.07, 6.45) is 4.10. The Balaban J connectivity index is 1.47. The number of halogens is 1. The highest BCUT2D eigenvalue weighted by Crippen LogP contribution is 2.32. The van der Waals surface area contributed by atoms with Gasteiger partial charge in [0, 0.05) is 5.56 Å². The van der Waals surface area contributed by atoms with Gasteiger partial charge in [-0.25, -0.2) is 9.37 Å². The van der Waals surface area contributed by atoms with Crippen molar-refractivity contribution < 1.29 is 13.9 Å². The molecule has 0 aliphatic heterocycles. The fourth-order valence-corrected chi connectivity index (χ4v) is 3.92. The number of alkyl halides is 1. The van der Waals surface area contributed by atoms with Crippen LogP contribution in [0.15, 0.2) is 66.7 Å². The number of hydrogen-bond acceptors (Lipinski definition) is 4. The van der Waals surface area contributed by atoms with Crippen LogP contribution in [0.4, 0.5) is 4.39 Å². The number of methoxy groups -OCH3 is 1.